The molecule has 1 aliphatic rings. The van der Waals surface area contributed by atoms with E-state index in [1.54, 1.807) is 23.5 Å². The molecule has 0 bridgehead atoms. The number of nitrogens with one attached hydrogen (secondary N) is 1. The monoisotopic (exact) mass is 393 g/mol. The number of rotatable bonds is 4. The van der Waals surface area contributed by atoms with Gasteiger partial charge < -0.3 is 14.8 Å². The quantitative estimate of drug-likeness (QED) is 0.593. The largest absolute Gasteiger partial charge is 0.460 e. The lowest BCUT2D eigenvalue weighted by molar-refractivity contribution is -0.161. The first kappa shape index (κ1) is 19.6. The van der Waals surface area contributed by atoms with Gasteiger partial charge in [0.25, 0.3) is 0 Å². The van der Waals surface area contributed by atoms with Gasteiger partial charge in [0.2, 0.25) is 0 Å². The number of thioether (sulfide) groups is 2. The molecule has 0 saturated heterocycles. The minimum absolute atomic E-state index is 0.0131. The van der Waals surface area contributed by atoms with E-state index in [1.807, 2.05) is 45.4 Å². The maximum absolute atomic E-state index is 12.5. The van der Waals surface area contributed by atoms with Crippen molar-refractivity contribution < 1.29 is 14.6 Å². The number of aromatic amines is 1. The number of benzene rings is 1. The number of hydrogen-bond donors (Lipinski definition) is 2. The van der Waals surface area contributed by atoms with Gasteiger partial charge in [-0.2, -0.15) is 0 Å². The van der Waals surface area contributed by atoms with Gasteiger partial charge in [0.05, 0.1) is 6.42 Å². The van der Waals surface area contributed by atoms with Crippen LogP contribution in [0.3, 0.4) is 0 Å². The van der Waals surface area contributed by atoms with Gasteiger partial charge in [-0.3, -0.25) is 4.79 Å². The van der Waals surface area contributed by atoms with Crippen LogP contribution in [0, 0.1) is 0 Å². The minimum Gasteiger partial charge on any atom is -0.460 e. The molecule has 2 aromatic rings. The van der Waals surface area contributed by atoms with E-state index in [-0.39, 0.29) is 12.4 Å². The molecule has 0 radical (unpaired) electrons. The highest BCUT2D eigenvalue weighted by atomic mass is 32.2. The van der Waals surface area contributed by atoms with Crippen LogP contribution in [0.5, 0.6) is 0 Å². The number of carbonyl (C=O) groups excluding carboxylic acids is 1. The molecule has 1 unspecified atom stereocenters. The van der Waals surface area contributed by atoms with Crippen molar-refractivity contribution in [3.63, 3.8) is 0 Å². The summed E-state index contributed by atoms with van der Waals surface area (Å²) >= 11 is 3.18. The predicted octanol–water partition coefficient (Wildman–Crippen LogP) is 4.46. The first-order valence-corrected chi connectivity index (χ1v) is 11.3. The van der Waals surface area contributed by atoms with E-state index in [2.05, 4.69) is 17.1 Å². The second-order valence-electron chi connectivity index (χ2n) is 7.84. The van der Waals surface area contributed by atoms with Gasteiger partial charge in [-0.25, -0.2) is 0 Å². The van der Waals surface area contributed by atoms with Crippen molar-refractivity contribution in [3.8, 4) is 0 Å². The molecule has 1 aromatic heterocycles. The summed E-state index contributed by atoms with van der Waals surface area (Å²) < 4.78 is 4.86. The Bertz CT molecular complexity index is 820. The van der Waals surface area contributed by atoms with E-state index in [9.17, 15) is 9.90 Å². The fourth-order valence-electron chi connectivity index (χ4n) is 3.96. The summed E-state index contributed by atoms with van der Waals surface area (Å²) in [7, 11) is 0. The maximum Gasteiger partial charge on any atom is 0.309 e. The van der Waals surface area contributed by atoms with E-state index >= 15 is 0 Å². The van der Waals surface area contributed by atoms with Crippen molar-refractivity contribution in [3.05, 3.63) is 35.5 Å². The zero-order valence-electron chi connectivity index (χ0n) is 16.0. The molecule has 0 fully saturated rings. The molecule has 1 atom stereocenters. The molecule has 26 heavy (non-hydrogen) atoms. The number of hydrogen-bond acceptors (Lipinski definition) is 5. The minimum atomic E-state index is -1.18. The number of para-hydroxylation sites is 1. The van der Waals surface area contributed by atoms with E-state index < -0.39 is 15.3 Å². The fraction of sp³-hybridized carbons (Fsp3) is 0.550. The fourth-order valence-corrected chi connectivity index (χ4v) is 6.49. The smallest absolute Gasteiger partial charge is 0.309 e. The molecule has 1 aromatic carbocycles. The molecule has 2 N–H and O–H groups in total. The molecule has 0 saturated carbocycles. The van der Waals surface area contributed by atoms with Crippen molar-refractivity contribution in [2.45, 2.75) is 55.3 Å². The molecule has 1 aliphatic carbocycles. The van der Waals surface area contributed by atoms with E-state index in [0.717, 1.165) is 17.6 Å². The third kappa shape index (κ3) is 3.16. The molecule has 0 amide bonds. The average molecular weight is 394 g/mol. The summed E-state index contributed by atoms with van der Waals surface area (Å²) in [5, 5.41) is 12.9. The standard InChI is InChI=1S/C20H27NO3S2/c1-18(2,3)24-16(22)12-19(23)11-10-14-13-8-6-7-9-15(13)21-17(14)20(19,25-4)26-5/h6-9,21,23H,10-12H2,1-5H3. The average Bonchev–Trinajstić information content (AvgIpc) is 2.92. The first-order chi connectivity index (χ1) is 12.2. The van der Waals surface area contributed by atoms with Crippen LogP contribution in [0.25, 0.3) is 10.9 Å². The number of aromatic nitrogens is 1. The zero-order valence-corrected chi connectivity index (χ0v) is 17.6. The highest BCUT2D eigenvalue weighted by Gasteiger charge is 2.56. The Kier molecular flexibility index (Phi) is 5.14. The summed E-state index contributed by atoms with van der Waals surface area (Å²) in [5.41, 5.74) is 1.61. The molecular weight excluding hydrogens is 366 g/mol. The van der Waals surface area contributed by atoms with Crippen LogP contribution in [-0.4, -0.2) is 39.8 Å². The Hall–Kier alpha value is -1.11. The zero-order chi connectivity index (χ0) is 19.2. The number of fused-ring (bicyclic) bond motifs is 3. The van der Waals surface area contributed by atoms with Gasteiger partial charge in [-0.15, -0.1) is 23.5 Å². The van der Waals surface area contributed by atoms with Gasteiger partial charge in [-0.1, -0.05) is 18.2 Å². The Balaban J connectivity index is 2.06. The number of H-pyrrole nitrogens is 1. The molecule has 0 aliphatic heterocycles. The second kappa shape index (κ2) is 6.80. The predicted molar refractivity (Wildman–Crippen MR) is 111 cm³/mol. The highest BCUT2D eigenvalue weighted by molar-refractivity contribution is 8.17. The third-order valence-electron chi connectivity index (χ3n) is 4.98. The number of ether oxygens (including phenoxy) is 1. The Morgan fingerprint density at radius 2 is 1.92 bits per heavy atom. The van der Waals surface area contributed by atoms with Crippen LogP contribution in [0.2, 0.25) is 0 Å². The number of esters is 1. The van der Waals surface area contributed by atoms with Crippen LogP contribution in [0.15, 0.2) is 24.3 Å². The summed E-state index contributed by atoms with van der Waals surface area (Å²) in [4.78, 5) is 16.1. The highest BCUT2D eigenvalue weighted by Crippen LogP contribution is 2.59. The molecule has 0 spiro atoms. The van der Waals surface area contributed by atoms with Gasteiger partial charge in [0, 0.05) is 16.6 Å². The lowest BCUT2D eigenvalue weighted by atomic mass is 9.79. The normalized spacial score (nSPS) is 22.2. The van der Waals surface area contributed by atoms with Gasteiger partial charge >= 0.3 is 5.97 Å². The van der Waals surface area contributed by atoms with E-state index in [0.29, 0.717) is 6.42 Å². The summed E-state index contributed by atoms with van der Waals surface area (Å²) in [6.45, 7) is 5.55. The first-order valence-electron chi connectivity index (χ1n) is 8.80. The van der Waals surface area contributed by atoms with Gasteiger partial charge in [0.15, 0.2) is 0 Å². The van der Waals surface area contributed by atoms with Crippen LogP contribution in [-0.2, 0) is 20.0 Å². The topological polar surface area (TPSA) is 62.3 Å². The van der Waals surface area contributed by atoms with Crippen LogP contribution in [0.4, 0.5) is 0 Å². The lowest BCUT2D eigenvalue weighted by Gasteiger charge is -2.48. The van der Waals surface area contributed by atoms with Crippen molar-refractivity contribution in [1.82, 2.24) is 4.98 Å². The maximum atomic E-state index is 12.5. The Morgan fingerprint density at radius 1 is 1.27 bits per heavy atom. The Labute approximate surface area is 163 Å². The number of aryl methyl sites for hydroxylation is 1. The second-order valence-corrected chi connectivity index (χ2v) is 10.1. The number of aliphatic hydroxyl groups is 1. The van der Waals surface area contributed by atoms with E-state index in [1.165, 1.54) is 10.9 Å². The Morgan fingerprint density at radius 3 is 2.54 bits per heavy atom. The molecular formula is C20H27NO3S2. The van der Waals surface area contributed by atoms with Gasteiger partial charge in [0.1, 0.15) is 15.3 Å². The van der Waals surface area contributed by atoms with E-state index in [4.69, 9.17) is 4.74 Å². The summed E-state index contributed by atoms with van der Waals surface area (Å²) in [6.07, 6.45) is 5.25. The van der Waals surface area contributed by atoms with Crippen LogP contribution >= 0.6 is 23.5 Å². The molecule has 142 valence electrons. The van der Waals surface area contributed by atoms with Crippen LogP contribution in [0.1, 0.15) is 44.9 Å². The molecule has 4 nitrogen and oxygen atoms in total. The molecule has 1 heterocycles. The lowest BCUT2D eigenvalue weighted by Crippen LogP contribution is -2.52. The summed E-state index contributed by atoms with van der Waals surface area (Å²) in [5.74, 6) is -0.355. The van der Waals surface area contributed by atoms with Crippen LogP contribution < -0.4 is 0 Å². The van der Waals surface area contributed by atoms with Crippen molar-refractivity contribution >= 4 is 40.4 Å². The van der Waals surface area contributed by atoms with Crippen molar-refractivity contribution in [1.29, 1.82) is 0 Å². The van der Waals surface area contributed by atoms with Crippen molar-refractivity contribution in [2.24, 2.45) is 0 Å². The molecule has 3 rings (SSSR count). The van der Waals surface area contributed by atoms with Gasteiger partial charge in [-0.05, 0) is 57.8 Å². The number of carbonyl (C=O) groups is 1. The van der Waals surface area contributed by atoms with Crippen molar-refractivity contribution in [2.75, 3.05) is 12.5 Å². The third-order valence-corrected chi connectivity index (χ3v) is 8.29. The molecule has 6 heteroatoms. The summed E-state index contributed by atoms with van der Waals surface area (Å²) in [6, 6.07) is 8.23. The SMILES string of the molecule is CSC1(SC)c2[nH]c3ccccc3c2CCC1(O)CC(=O)OC(C)(C)C.